The number of aliphatic hydroxyl groups excluding tert-OH is 1. The number of carbonyl (C=O) groups excluding carboxylic acids is 14. The van der Waals surface area contributed by atoms with Gasteiger partial charge in [-0.15, -0.1) is 0 Å². The Hall–Kier alpha value is -7.88. The molecule has 2 heterocycles. The van der Waals surface area contributed by atoms with Crippen molar-refractivity contribution >= 4 is 153 Å². The molecular formula is C52H75N19O16Se4. The normalized spacial score (nSPS) is 15.9. The molecule has 14 amide bonds. The van der Waals surface area contributed by atoms with Crippen LogP contribution in [-0.2, 0) is 80.0 Å². The van der Waals surface area contributed by atoms with E-state index in [1.807, 2.05) is 0 Å². The average Bonchev–Trinajstić information content (AvgIpc) is 1.96. The summed E-state index contributed by atoms with van der Waals surface area (Å²) in [6.07, 6.45) is 1.71. The number of amides is 14. The minimum absolute atomic E-state index is 0.00335. The number of phenols is 1. The number of aromatic hydroxyl groups is 1. The molecule has 1 aliphatic heterocycles. The molecule has 1 fully saturated rings. The molecule has 39 heteroatoms. The van der Waals surface area contributed by atoms with Crippen LogP contribution in [-0.4, -0.2) is 270 Å². The van der Waals surface area contributed by atoms with Crippen molar-refractivity contribution in [1.82, 2.24) is 73.4 Å². The van der Waals surface area contributed by atoms with E-state index in [2.05, 4.69) is 137 Å². The number of aromatic amines is 1. The first-order valence-electron chi connectivity index (χ1n) is 27.9. The Morgan fingerprint density at radius 1 is 0.637 bits per heavy atom. The van der Waals surface area contributed by atoms with Crippen LogP contribution in [0, 0.1) is 0 Å². The number of guanidine groups is 1. The summed E-state index contributed by atoms with van der Waals surface area (Å²) in [5.41, 5.74) is 22.5. The number of primary amides is 2. The summed E-state index contributed by atoms with van der Waals surface area (Å²) in [6, 6.07) is -9.63. The zero-order chi connectivity index (χ0) is 68.1. The van der Waals surface area contributed by atoms with E-state index in [0.717, 1.165) is 4.90 Å². The van der Waals surface area contributed by atoms with Gasteiger partial charge in [-0.3, -0.25) is 0 Å². The third kappa shape index (κ3) is 26.5. The number of hydrogen-bond donors (Lipinski definition) is 18. The topological polar surface area (TPSA) is 560 Å². The Balaban J connectivity index is 1.75. The maximum absolute atomic E-state index is 14.3. The first-order valence-corrected chi connectivity index (χ1v) is 32.8. The number of aromatic nitrogens is 2. The van der Waals surface area contributed by atoms with Crippen molar-refractivity contribution < 1.29 is 77.3 Å². The van der Waals surface area contributed by atoms with Crippen molar-refractivity contribution in [3.63, 3.8) is 0 Å². The minimum atomic E-state index is -1.65. The van der Waals surface area contributed by atoms with Crippen LogP contribution in [0.3, 0.4) is 0 Å². The van der Waals surface area contributed by atoms with Gasteiger partial charge in [-0.1, -0.05) is 0 Å². The van der Waals surface area contributed by atoms with E-state index in [1.54, 1.807) is 0 Å². The quantitative estimate of drug-likeness (QED) is 0.0128. The Bertz CT molecular complexity index is 2930. The van der Waals surface area contributed by atoms with Gasteiger partial charge in [0.2, 0.25) is 0 Å². The molecule has 35 nitrogen and oxygen atoms in total. The fraction of sp³-hybridized carbons (Fsp3) is 0.538. The van der Waals surface area contributed by atoms with E-state index in [9.17, 15) is 77.3 Å². The summed E-state index contributed by atoms with van der Waals surface area (Å²) >= 11 is 10.4. The standard InChI is InChI=1S/C52H75N19O16Se4/c1-24(61-50(86)38-6-4-12-71(38)51(87)32(15-39(53)75)66-49(85)37(22-91)70-48(84)36(21-90)62-25(2)73)42(78)69-35(20-89)43(79)59-17-40(76)63-29(5-3-11-58-52(55)56)44(80)65-31(14-27-16-57-23-60-27)46(82)64-30(13-26-7-9-28(74)10-8-26)45(81)67-33(18-72)47(83)68-34(19-88)41(54)77/h7-10,16,23-24,29-38,72,74H,3-6,11-15,17-22H2,1-2H3,(H2,53,75)(H2,54,77)(H,57,60)(H,59,79)(H,61,86)(H,62,73)(H,63,76)(H,64,82)(H,65,80)(H,66,85)(H,67,81)(H,68,83)(H,69,78)(H,70,84)(H4,55,56,58)/t24-,29-,30-,31-,32-,33-,34-,35-,36-,37-,38-/m0/s1. The number of hydrogen-bond acceptors (Lipinski definition) is 18. The van der Waals surface area contributed by atoms with Crippen molar-refractivity contribution in [3.05, 3.63) is 48.0 Å². The molecule has 0 unspecified atom stereocenters. The number of imidazole rings is 1. The van der Waals surface area contributed by atoms with Crippen LogP contribution in [0.5, 0.6) is 5.75 Å². The predicted octanol–water partition coefficient (Wildman–Crippen LogP) is -10.4. The maximum atomic E-state index is 14.3. The van der Waals surface area contributed by atoms with Gasteiger partial charge < -0.3 is 21.6 Å². The number of nitrogens with one attached hydrogen (secondary N) is 12. The second-order valence-corrected chi connectivity index (χ2v) is 23.3. The van der Waals surface area contributed by atoms with Crippen LogP contribution in [0.2, 0.25) is 21.3 Å². The molecule has 0 bridgehead atoms. The molecule has 11 atom stereocenters. The third-order valence-electron chi connectivity index (χ3n) is 13.4. The monoisotopic (exact) mass is 1540 g/mol. The summed E-state index contributed by atoms with van der Waals surface area (Å²) in [5, 5.41) is 46.7. The van der Waals surface area contributed by atoms with Gasteiger partial charge in [0.05, 0.1) is 6.33 Å². The van der Waals surface area contributed by atoms with Gasteiger partial charge in [0.25, 0.3) is 0 Å². The summed E-state index contributed by atoms with van der Waals surface area (Å²) in [6.45, 7) is 0.731. The molecule has 2 aromatic rings. The molecule has 1 aromatic carbocycles. The molecule has 3 rings (SSSR count). The van der Waals surface area contributed by atoms with Gasteiger partial charge in [0.15, 0.2) is 5.96 Å². The van der Waals surface area contributed by atoms with Crippen LogP contribution >= 0.6 is 0 Å². The van der Waals surface area contributed by atoms with Crippen molar-refractivity contribution in [2.24, 2.45) is 27.9 Å². The second kappa shape index (κ2) is 39.4. The van der Waals surface area contributed by atoms with Gasteiger partial charge in [-0.05, 0) is 0 Å². The Morgan fingerprint density at radius 3 is 1.68 bits per heavy atom. The van der Waals surface area contributed by atoms with Crippen molar-refractivity contribution in [1.29, 1.82) is 0 Å². The van der Waals surface area contributed by atoms with E-state index in [4.69, 9.17) is 22.9 Å². The van der Waals surface area contributed by atoms with E-state index >= 15 is 0 Å². The number of carbonyl (C=O) groups is 14. The Kier molecular flexibility index (Phi) is 33.5. The number of aliphatic imine (C=N–C) groups is 1. The molecule has 1 aromatic heterocycles. The third-order valence-corrected chi connectivity index (χ3v) is 16.2. The molecule has 91 heavy (non-hydrogen) atoms. The van der Waals surface area contributed by atoms with Crippen molar-refractivity contribution in [2.75, 3.05) is 26.2 Å². The number of nitrogens with zero attached hydrogens (tertiary/aromatic N) is 3. The van der Waals surface area contributed by atoms with Crippen LogP contribution in [0.1, 0.15) is 57.2 Å². The zero-order valence-corrected chi connectivity index (χ0v) is 56.2. The van der Waals surface area contributed by atoms with E-state index < -0.39 is 169 Å². The number of benzene rings is 1. The number of H-pyrrole nitrogens is 1. The van der Waals surface area contributed by atoms with Crippen LogP contribution in [0.25, 0.3) is 0 Å². The number of likely N-dealkylation sites (tertiary alicyclic amines) is 1. The van der Waals surface area contributed by atoms with Gasteiger partial charge >= 0.3 is 501 Å². The summed E-state index contributed by atoms with van der Waals surface area (Å²) < 4.78 is 0. The van der Waals surface area contributed by atoms with Gasteiger partial charge in [0.1, 0.15) is 5.75 Å². The SMILES string of the molecule is CC(=O)N[C@@H](C[Se])C(=O)N[C@@H](C[Se])C(=O)N[C@@H](CC(N)=O)C(=O)N1CCC[C@H]1C(=O)N[C@@H](C)C(=O)N[C@@H](C[Se])C(=O)NCC(=O)N[C@@H](CCCN=C(N)N)C(=O)N[C@@H](Cc1cnc[nH]1)C(=O)N[C@@H](Cc1ccc(O)cc1)C(=O)N[C@@H](CO)C(=O)N[C@@H](C[Se])C(N)=O. The summed E-state index contributed by atoms with van der Waals surface area (Å²) in [4.78, 5) is 197. The van der Waals surface area contributed by atoms with Gasteiger partial charge in [-0.25, -0.2) is 4.98 Å². The van der Waals surface area contributed by atoms with Gasteiger partial charge in [0, 0.05) is 11.9 Å². The van der Waals surface area contributed by atoms with Crippen molar-refractivity contribution in [3.8, 4) is 5.75 Å². The first kappa shape index (κ1) is 77.4. The molecule has 1 aliphatic rings. The van der Waals surface area contributed by atoms with E-state index in [1.165, 1.54) is 50.6 Å². The first-order chi connectivity index (χ1) is 43.0. The molecule has 0 saturated carbocycles. The van der Waals surface area contributed by atoms with Gasteiger partial charge in [-0.2, -0.15) is 0 Å². The fourth-order valence-electron chi connectivity index (χ4n) is 8.60. The second-order valence-electron chi connectivity index (χ2n) is 20.5. The van der Waals surface area contributed by atoms with Crippen LogP contribution < -0.4 is 81.4 Å². The molecular weight excluding hydrogens is 1460 g/mol. The zero-order valence-electron chi connectivity index (χ0n) is 49.3. The molecule has 1 saturated heterocycles. The number of phenolic OH excluding ortho intramolecular Hbond substituents is 1. The number of rotatable bonds is 38. The molecule has 0 aliphatic carbocycles. The predicted molar refractivity (Wildman–Crippen MR) is 325 cm³/mol. The molecule has 0 spiro atoms. The van der Waals surface area contributed by atoms with Crippen LogP contribution in [0.4, 0.5) is 0 Å². The Labute approximate surface area is 554 Å². The average molecular weight is 1540 g/mol. The van der Waals surface area contributed by atoms with Crippen LogP contribution in [0.15, 0.2) is 41.8 Å². The summed E-state index contributed by atoms with van der Waals surface area (Å²) in [7, 11) is 0. The molecule has 498 valence electrons. The van der Waals surface area contributed by atoms with E-state index in [-0.39, 0.29) is 78.2 Å². The fourth-order valence-corrected chi connectivity index (χ4v) is 10.6. The molecule has 22 N–H and O–H groups in total. The molecule has 4 radical (unpaired) electrons. The summed E-state index contributed by atoms with van der Waals surface area (Å²) in [5.74, 6) is -12.7. The Morgan fingerprint density at radius 2 is 1.14 bits per heavy atom. The van der Waals surface area contributed by atoms with Crippen molar-refractivity contribution in [2.45, 2.75) is 147 Å². The van der Waals surface area contributed by atoms with E-state index in [0.29, 0.717) is 17.7 Å². The number of nitrogens with two attached hydrogens (primary N) is 4. The number of aliphatic hydroxyl groups is 1.